The van der Waals surface area contributed by atoms with Gasteiger partial charge in [0, 0.05) is 10.8 Å². The van der Waals surface area contributed by atoms with E-state index in [1.165, 1.54) is 44.2 Å². The molecule has 4 aliphatic rings. The molecule has 4 nitrogen and oxygen atoms in total. The monoisotopic (exact) mass is 401 g/mol. The highest BCUT2D eigenvalue weighted by atomic mass is 32.1. The molecule has 5 heteroatoms. The first-order valence-electron chi connectivity index (χ1n) is 10.4. The second kappa shape index (κ2) is 7.32. The number of nitriles is 2. The summed E-state index contributed by atoms with van der Waals surface area (Å²) in [4.78, 5) is 4.99. The summed E-state index contributed by atoms with van der Waals surface area (Å²) < 4.78 is 5.29. The Morgan fingerprint density at radius 3 is 2.34 bits per heavy atom. The van der Waals surface area contributed by atoms with Gasteiger partial charge >= 0.3 is 0 Å². The van der Waals surface area contributed by atoms with Crippen molar-refractivity contribution in [3.8, 4) is 17.9 Å². The van der Waals surface area contributed by atoms with Gasteiger partial charge in [-0.2, -0.15) is 10.5 Å². The van der Waals surface area contributed by atoms with E-state index in [0.717, 1.165) is 28.3 Å². The van der Waals surface area contributed by atoms with Crippen molar-refractivity contribution in [1.82, 2.24) is 4.98 Å². The van der Waals surface area contributed by atoms with Crippen LogP contribution in [0.15, 0.2) is 29.6 Å². The lowest BCUT2D eigenvalue weighted by atomic mass is 9.49. The predicted octanol–water partition coefficient (Wildman–Crippen LogP) is 5.58. The van der Waals surface area contributed by atoms with E-state index in [1.54, 1.807) is 11.3 Å². The molecule has 1 aromatic carbocycles. The van der Waals surface area contributed by atoms with E-state index in [-0.39, 0.29) is 12.0 Å². The number of hydrogen-bond acceptors (Lipinski definition) is 5. The standard InChI is InChI=1S/C24H23N3OS/c25-5-6-28-21-3-1-16(2-4-21)10-20(14-26)23-27-22(15-29-23)24-11-17-7-18(12-24)9-19(8-17)13-24/h1-4,10,15,17-19H,6-9,11-13H2/b20-10+. The predicted molar refractivity (Wildman–Crippen MR) is 113 cm³/mol. The first-order valence-corrected chi connectivity index (χ1v) is 11.2. The number of hydrogen-bond donors (Lipinski definition) is 0. The van der Waals surface area contributed by atoms with Crippen LogP contribution in [-0.4, -0.2) is 11.6 Å². The Labute approximate surface area is 175 Å². The quantitative estimate of drug-likeness (QED) is 0.614. The summed E-state index contributed by atoms with van der Waals surface area (Å²) in [7, 11) is 0. The number of rotatable bonds is 5. The molecule has 0 unspecified atom stereocenters. The molecule has 0 amide bonds. The summed E-state index contributed by atoms with van der Waals surface area (Å²) in [5, 5.41) is 21.4. The third-order valence-corrected chi connectivity index (χ3v) is 7.81. The van der Waals surface area contributed by atoms with Crippen molar-refractivity contribution in [1.29, 1.82) is 10.5 Å². The van der Waals surface area contributed by atoms with Crippen LogP contribution in [-0.2, 0) is 5.41 Å². The molecular weight excluding hydrogens is 378 g/mol. The normalized spacial score (nSPS) is 30.0. The molecule has 4 aliphatic carbocycles. The Bertz CT molecular complexity index is 986. The van der Waals surface area contributed by atoms with Crippen molar-refractivity contribution >= 4 is 23.0 Å². The molecule has 0 spiro atoms. The molecule has 4 fully saturated rings. The lowest BCUT2D eigenvalue weighted by molar-refractivity contribution is -0.00694. The minimum atomic E-state index is 0.0326. The number of thiazole rings is 1. The second-order valence-electron chi connectivity index (χ2n) is 8.92. The van der Waals surface area contributed by atoms with E-state index in [2.05, 4.69) is 11.4 Å². The van der Waals surface area contributed by atoms with Gasteiger partial charge in [0.1, 0.15) is 22.9 Å². The maximum atomic E-state index is 9.74. The lowest BCUT2D eigenvalue weighted by Gasteiger charge is -2.56. The summed E-state index contributed by atoms with van der Waals surface area (Å²) in [5.41, 5.74) is 3.04. The first kappa shape index (κ1) is 18.4. The topological polar surface area (TPSA) is 69.7 Å². The lowest BCUT2D eigenvalue weighted by Crippen LogP contribution is -2.48. The Morgan fingerprint density at radius 1 is 1.10 bits per heavy atom. The fourth-order valence-corrected chi connectivity index (χ4v) is 7.06. The van der Waals surface area contributed by atoms with Crippen LogP contribution in [0.25, 0.3) is 11.6 Å². The minimum absolute atomic E-state index is 0.0326. The molecular formula is C24H23N3OS. The van der Waals surface area contributed by atoms with Gasteiger partial charge in [-0.05, 0) is 80.1 Å². The van der Waals surface area contributed by atoms with Gasteiger partial charge in [-0.1, -0.05) is 12.1 Å². The number of aromatic nitrogens is 1. The highest BCUT2D eigenvalue weighted by Gasteiger charge is 2.52. The van der Waals surface area contributed by atoms with Crippen LogP contribution in [0.4, 0.5) is 0 Å². The summed E-state index contributed by atoms with van der Waals surface area (Å²) in [5.74, 6) is 3.32. The van der Waals surface area contributed by atoms with E-state index in [9.17, 15) is 5.26 Å². The smallest absolute Gasteiger partial charge is 0.174 e. The van der Waals surface area contributed by atoms with E-state index in [0.29, 0.717) is 11.3 Å². The molecule has 0 radical (unpaired) electrons. The third kappa shape index (κ3) is 3.45. The minimum Gasteiger partial charge on any atom is -0.479 e. The van der Waals surface area contributed by atoms with Gasteiger partial charge in [-0.15, -0.1) is 11.3 Å². The van der Waals surface area contributed by atoms with Crippen molar-refractivity contribution in [2.24, 2.45) is 17.8 Å². The fourth-order valence-electron chi connectivity index (χ4n) is 6.15. The molecule has 0 saturated heterocycles. The van der Waals surface area contributed by atoms with E-state index >= 15 is 0 Å². The van der Waals surface area contributed by atoms with Gasteiger partial charge in [0.2, 0.25) is 0 Å². The van der Waals surface area contributed by atoms with Gasteiger partial charge in [0.05, 0.1) is 11.3 Å². The number of benzene rings is 1. The zero-order chi connectivity index (χ0) is 19.8. The molecule has 4 saturated carbocycles. The van der Waals surface area contributed by atoms with Gasteiger partial charge in [-0.25, -0.2) is 4.98 Å². The summed E-state index contributed by atoms with van der Waals surface area (Å²) >= 11 is 1.60. The molecule has 1 aromatic heterocycles. The SMILES string of the molecule is N#CCOc1ccc(/C=C(\C#N)c2nc(C34CC5CC(CC(C5)C3)C4)cs2)cc1. The van der Waals surface area contributed by atoms with Crippen LogP contribution in [0.2, 0.25) is 0 Å². The Morgan fingerprint density at radius 2 is 1.76 bits per heavy atom. The maximum Gasteiger partial charge on any atom is 0.174 e. The van der Waals surface area contributed by atoms with Crippen LogP contribution < -0.4 is 4.74 Å². The van der Waals surface area contributed by atoms with E-state index in [1.807, 2.05) is 36.4 Å². The number of ether oxygens (including phenoxy) is 1. The molecule has 0 atom stereocenters. The number of nitrogens with zero attached hydrogens (tertiary/aromatic N) is 3. The van der Waals surface area contributed by atoms with Crippen LogP contribution in [0.3, 0.4) is 0 Å². The van der Waals surface area contributed by atoms with Crippen LogP contribution >= 0.6 is 11.3 Å². The maximum absolute atomic E-state index is 9.74. The van der Waals surface area contributed by atoms with Crippen molar-refractivity contribution in [3.63, 3.8) is 0 Å². The Kier molecular flexibility index (Phi) is 4.64. The molecule has 2 aromatic rings. The van der Waals surface area contributed by atoms with Gasteiger partial charge < -0.3 is 4.74 Å². The van der Waals surface area contributed by atoms with Crippen molar-refractivity contribution in [2.75, 3.05) is 6.61 Å². The highest BCUT2D eigenvalue weighted by Crippen LogP contribution is 2.60. The van der Waals surface area contributed by atoms with Crippen molar-refractivity contribution < 1.29 is 4.74 Å². The molecule has 1 heterocycles. The molecule has 4 bridgehead atoms. The highest BCUT2D eigenvalue weighted by molar-refractivity contribution is 7.11. The number of allylic oxidation sites excluding steroid dienone is 1. The molecule has 29 heavy (non-hydrogen) atoms. The summed E-state index contributed by atoms with van der Waals surface area (Å²) in [6.45, 7) is 0.0326. The van der Waals surface area contributed by atoms with Crippen LogP contribution in [0.1, 0.15) is 54.8 Å². The fraction of sp³-hybridized carbons (Fsp3) is 0.458. The largest absolute Gasteiger partial charge is 0.479 e. The molecule has 146 valence electrons. The van der Waals surface area contributed by atoms with Gasteiger partial charge in [0.15, 0.2) is 6.61 Å². The molecule has 0 aliphatic heterocycles. The van der Waals surface area contributed by atoms with E-state index < -0.39 is 0 Å². The van der Waals surface area contributed by atoms with E-state index in [4.69, 9.17) is 15.0 Å². The average Bonchev–Trinajstić information content (AvgIpc) is 3.21. The Balaban J connectivity index is 1.38. The first-order chi connectivity index (χ1) is 14.2. The molecule has 0 N–H and O–H groups in total. The van der Waals surface area contributed by atoms with Crippen molar-refractivity contribution in [3.05, 3.63) is 45.9 Å². The zero-order valence-corrected chi connectivity index (χ0v) is 17.1. The van der Waals surface area contributed by atoms with Crippen molar-refractivity contribution in [2.45, 2.75) is 43.9 Å². The molecule has 6 rings (SSSR count). The Hall–Kier alpha value is -2.63. The van der Waals surface area contributed by atoms with Crippen LogP contribution in [0.5, 0.6) is 5.75 Å². The second-order valence-corrected chi connectivity index (χ2v) is 9.78. The van der Waals surface area contributed by atoms with Crippen LogP contribution in [0, 0.1) is 40.4 Å². The average molecular weight is 402 g/mol. The van der Waals surface area contributed by atoms with Gasteiger partial charge in [-0.3, -0.25) is 0 Å². The summed E-state index contributed by atoms with van der Waals surface area (Å²) in [6, 6.07) is 11.7. The summed E-state index contributed by atoms with van der Waals surface area (Å²) in [6.07, 6.45) is 10.0. The zero-order valence-electron chi connectivity index (χ0n) is 16.3. The van der Waals surface area contributed by atoms with Gasteiger partial charge in [0.25, 0.3) is 0 Å². The third-order valence-electron chi connectivity index (χ3n) is 6.93.